The summed E-state index contributed by atoms with van der Waals surface area (Å²) < 4.78 is 0. The lowest BCUT2D eigenvalue weighted by Gasteiger charge is -2.25. The van der Waals surface area contributed by atoms with Crippen LogP contribution in [0.1, 0.15) is 37.8 Å². The highest BCUT2D eigenvalue weighted by Crippen LogP contribution is 2.06. The van der Waals surface area contributed by atoms with Crippen LogP contribution in [0.3, 0.4) is 0 Å². The van der Waals surface area contributed by atoms with Crippen LogP contribution in [0.2, 0.25) is 0 Å². The standard InChI is InChI=1S/C22H38N10O6S/c1-39-8-6-15(21(37)38)31-20(36)16(9-12-10-27-11-29-12)32-19(35)14(4-5-17(24)33)30-18(34)13(23)3-2-7-28-22(25)26/h10-11,13-16H,2-9,23H2,1H3,(H2,24,33)(H,27,29)(H,30,34)(H,31,36)(H,32,35)(H,37,38)(H4,25,26,28). The van der Waals surface area contributed by atoms with E-state index in [4.69, 9.17) is 22.9 Å². The number of nitrogens with one attached hydrogen (secondary N) is 4. The molecule has 0 aliphatic carbocycles. The molecular weight excluding hydrogens is 532 g/mol. The van der Waals surface area contributed by atoms with Gasteiger partial charge in [0.1, 0.15) is 18.1 Å². The number of carboxylic acids is 1. The zero-order chi connectivity index (χ0) is 29.4. The number of aromatic nitrogens is 2. The maximum atomic E-state index is 13.2. The number of hydrogen-bond donors (Lipinski definition) is 9. The largest absolute Gasteiger partial charge is 0.480 e. The van der Waals surface area contributed by atoms with E-state index < -0.39 is 53.8 Å². The Labute approximate surface area is 229 Å². The summed E-state index contributed by atoms with van der Waals surface area (Å²) in [5.74, 6) is -3.72. The van der Waals surface area contributed by atoms with E-state index in [0.29, 0.717) is 17.9 Å². The smallest absolute Gasteiger partial charge is 0.326 e. The van der Waals surface area contributed by atoms with Gasteiger partial charge < -0.3 is 49.0 Å². The third kappa shape index (κ3) is 13.5. The Balaban J connectivity index is 3.01. The van der Waals surface area contributed by atoms with Gasteiger partial charge in [0, 0.05) is 31.3 Å². The molecule has 0 saturated heterocycles. The quantitative estimate of drug-likeness (QED) is 0.0455. The summed E-state index contributed by atoms with van der Waals surface area (Å²) >= 11 is 1.42. The van der Waals surface area contributed by atoms with Gasteiger partial charge in [0.05, 0.1) is 12.4 Å². The van der Waals surface area contributed by atoms with Crippen molar-refractivity contribution in [3.8, 4) is 0 Å². The van der Waals surface area contributed by atoms with Crippen LogP contribution in [-0.4, -0.2) is 93.4 Å². The highest BCUT2D eigenvalue weighted by atomic mass is 32.2. The van der Waals surface area contributed by atoms with Crippen molar-refractivity contribution in [2.24, 2.45) is 27.9 Å². The monoisotopic (exact) mass is 570 g/mol. The topological polar surface area (TPSA) is 287 Å². The summed E-state index contributed by atoms with van der Waals surface area (Å²) in [4.78, 5) is 72.4. The minimum Gasteiger partial charge on any atom is -0.480 e. The molecule has 0 radical (unpaired) electrons. The molecule has 4 atom stereocenters. The molecule has 13 N–H and O–H groups in total. The molecule has 0 saturated carbocycles. The first-order valence-electron chi connectivity index (χ1n) is 12.1. The van der Waals surface area contributed by atoms with E-state index in [1.165, 1.54) is 24.3 Å². The van der Waals surface area contributed by atoms with Crippen molar-refractivity contribution in [1.29, 1.82) is 0 Å². The number of aliphatic carboxylic acids is 1. The van der Waals surface area contributed by atoms with Crippen LogP contribution in [0.4, 0.5) is 0 Å². The molecule has 1 rings (SSSR count). The number of thioether (sulfide) groups is 1. The number of guanidine groups is 1. The van der Waals surface area contributed by atoms with Gasteiger partial charge in [0.25, 0.3) is 0 Å². The number of aliphatic imine (C=N–C) groups is 1. The van der Waals surface area contributed by atoms with E-state index in [1.807, 2.05) is 0 Å². The van der Waals surface area contributed by atoms with Crippen molar-refractivity contribution >= 4 is 47.3 Å². The fourth-order valence-electron chi connectivity index (χ4n) is 3.35. The van der Waals surface area contributed by atoms with Crippen LogP contribution in [0.5, 0.6) is 0 Å². The van der Waals surface area contributed by atoms with Crippen molar-refractivity contribution in [2.45, 2.75) is 62.7 Å². The van der Waals surface area contributed by atoms with Crippen LogP contribution in [0.25, 0.3) is 0 Å². The zero-order valence-electron chi connectivity index (χ0n) is 21.7. The summed E-state index contributed by atoms with van der Waals surface area (Å²) in [7, 11) is 0. The summed E-state index contributed by atoms with van der Waals surface area (Å²) in [5.41, 5.74) is 22.2. The number of carbonyl (C=O) groups excluding carboxylic acids is 4. The lowest BCUT2D eigenvalue weighted by atomic mass is 10.1. The first-order chi connectivity index (χ1) is 18.4. The fraction of sp³-hybridized carbons (Fsp3) is 0.591. The van der Waals surface area contributed by atoms with Crippen LogP contribution in [-0.2, 0) is 30.4 Å². The number of carbonyl (C=O) groups is 5. The zero-order valence-corrected chi connectivity index (χ0v) is 22.5. The van der Waals surface area contributed by atoms with Gasteiger partial charge in [0.2, 0.25) is 23.6 Å². The van der Waals surface area contributed by atoms with E-state index in [2.05, 4.69) is 30.9 Å². The fourth-order valence-corrected chi connectivity index (χ4v) is 3.82. The van der Waals surface area contributed by atoms with Crippen molar-refractivity contribution in [3.63, 3.8) is 0 Å². The molecule has 0 spiro atoms. The number of amides is 4. The number of carboxylic acid groups (broad SMARTS) is 1. The number of imidazole rings is 1. The number of hydrogen-bond acceptors (Lipinski definition) is 9. The highest BCUT2D eigenvalue weighted by molar-refractivity contribution is 7.98. The molecular formula is C22H38N10O6S. The Kier molecular flexibility index (Phi) is 15.0. The van der Waals surface area contributed by atoms with Gasteiger partial charge in [-0.05, 0) is 37.7 Å². The van der Waals surface area contributed by atoms with Gasteiger partial charge in [-0.25, -0.2) is 9.78 Å². The Morgan fingerprint density at radius 3 is 2.21 bits per heavy atom. The second-order valence-corrected chi connectivity index (χ2v) is 9.63. The van der Waals surface area contributed by atoms with Crippen molar-refractivity contribution in [3.05, 3.63) is 18.2 Å². The number of H-pyrrole nitrogens is 1. The van der Waals surface area contributed by atoms with Crippen molar-refractivity contribution < 1.29 is 29.1 Å². The maximum Gasteiger partial charge on any atom is 0.326 e. The predicted octanol–water partition coefficient (Wildman–Crippen LogP) is -3.11. The SMILES string of the molecule is CSCCC(NC(=O)C(Cc1cnc[nH]1)NC(=O)C(CCC(N)=O)NC(=O)C(N)CCCN=C(N)N)C(=O)O. The Morgan fingerprint density at radius 2 is 1.64 bits per heavy atom. The van der Waals surface area contributed by atoms with Gasteiger partial charge in [-0.3, -0.25) is 24.2 Å². The maximum absolute atomic E-state index is 13.2. The second-order valence-electron chi connectivity index (χ2n) is 8.64. The molecule has 1 aromatic heterocycles. The van der Waals surface area contributed by atoms with Gasteiger partial charge in [-0.1, -0.05) is 0 Å². The Morgan fingerprint density at radius 1 is 1.00 bits per heavy atom. The molecule has 0 bridgehead atoms. The molecule has 0 fully saturated rings. The summed E-state index contributed by atoms with van der Waals surface area (Å²) in [5, 5.41) is 17.0. The van der Waals surface area contributed by atoms with Gasteiger partial charge >= 0.3 is 5.97 Å². The molecule has 4 amide bonds. The van der Waals surface area contributed by atoms with Crippen LogP contribution < -0.4 is 38.9 Å². The van der Waals surface area contributed by atoms with Crippen LogP contribution in [0.15, 0.2) is 17.5 Å². The molecule has 0 aliphatic rings. The Bertz CT molecular complexity index is 986. The number of aromatic amines is 1. The third-order valence-electron chi connectivity index (χ3n) is 5.45. The first-order valence-corrected chi connectivity index (χ1v) is 13.5. The molecule has 4 unspecified atom stereocenters. The normalized spacial score (nSPS) is 13.8. The lowest BCUT2D eigenvalue weighted by Crippen LogP contribution is -2.57. The second kappa shape index (κ2) is 17.6. The van der Waals surface area contributed by atoms with E-state index in [1.54, 1.807) is 6.26 Å². The number of rotatable bonds is 19. The molecule has 0 aliphatic heterocycles. The van der Waals surface area contributed by atoms with E-state index in [9.17, 15) is 29.1 Å². The Hall–Kier alpha value is -3.86. The third-order valence-corrected chi connectivity index (χ3v) is 6.10. The first kappa shape index (κ1) is 33.2. The van der Waals surface area contributed by atoms with E-state index >= 15 is 0 Å². The molecule has 17 heteroatoms. The average molecular weight is 571 g/mol. The number of primary amides is 1. The van der Waals surface area contributed by atoms with E-state index in [-0.39, 0.29) is 44.6 Å². The average Bonchev–Trinajstić information content (AvgIpc) is 3.38. The van der Waals surface area contributed by atoms with Crippen LogP contribution >= 0.6 is 11.8 Å². The molecule has 39 heavy (non-hydrogen) atoms. The van der Waals surface area contributed by atoms with Gasteiger partial charge in [-0.2, -0.15) is 11.8 Å². The minimum atomic E-state index is -1.25. The molecule has 1 aromatic rings. The number of nitrogens with two attached hydrogens (primary N) is 4. The van der Waals surface area contributed by atoms with Crippen molar-refractivity contribution in [1.82, 2.24) is 25.9 Å². The summed E-state index contributed by atoms with van der Waals surface area (Å²) in [6, 6.07) is -4.65. The molecule has 218 valence electrons. The molecule has 1 heterocycles. The van der Waals surface area contributed by atoms with Gasteiger partial charge in [-0.15, -0.1) is 0 Å². The summed E-state index contributed by atoms with van der Waals surface area (Å²) in [6.45, 7) is 0.258. The molecule has 16 nitrogen and oxygen atoms in total. The summed E-state index contributed by atoms with van der Waals surface area (Å²) in [6.07, 6.45) is 4.99. The van der Waals surface area contributed by atoms with Gasteiger partial charge in [0.15, 0.2) is 5.96 Å². The minimum absolute atomic E-state index is 0.0484. The van der Waals surface area contributed by atoms with Crippen molar-refractivity contribution in [2.75, 3.05) is 18.6 Å². The molecule has 0 aromatic carbocycles. The lowest BCUT2D eigenvalue weighted by molar-refractivity contribution is -0.142. The highest BCUT2D eigenvalue weighted by Gasteiger charge is 2.30. The van der Waals surface area contributed by atoms with E-state index in [0.717, 1.165) is 0 Å². The predicted molar refractivity (Wildman–Crippen MR) is 145 cm³/mol. The van der Waals surface area contributed by atoms with Crippen LogP contribution in [0, 0.1) is 0 Å². The number of nitrogens with zero attached hydrogens (tertiary/aromatic N) is 2.